The second-order valence-electron chi connectivity index (χ2n) is 2.14. The van der Waals surface area contributed by atoms with Gasteiger partial charge in [-0.25, -0.2) is 24.8 Å². The Morgan fingerprint density at radius 1 is 1.38 bits per heavy atom. The number of nitrogens with one attached hydrogen (secondary N) is 2. The lowest BCUT2D eigenvalue weighted by molar-refractivity contribution is 0.936. The van der Waals surface area contributed by atoms with Gasteiger partial charge in [-0.3, -0.25) is 0 Å². The van der Waals surface area contributed by atoms with Crippen LogP contribution in [0.5, 0.6) is 0 Å². The normalized spacial score (nSPS) is 10.5. The summed E-state index contributed by atoms with van der Waals surface area (Å²) in [6.45, 7) is 0. The number of aromatic amines is 2. The van der Waals surface area contributed by atoms with E-state index < -0.39 is 11.4 Å². The van der Waals surface area contributed by atoms with E-state index in [0.29, 0.717) is 5.13 Å². The van der Waals surface area contributed by atoms with Gasteiger partial charge >= 0.3 is 11.4 Å². The number of thiazole rings is 1. The Labute approximate surface area is 83.4 Å². The summed E-state index contributed by atoms with van der Waals surface area (Å²) in [5.41, 5.74) is -1.04. The lowest BCUT2D eigenvalue weighted by Crippen LogP contribution is -2.24. The molecule has 0 amide bonds. The Morgan fingerprint density at radius 3 is 2.46 bits per heavy atom. The van der Waals surface area contributed by atoms with Gasteiger partial charge in [0.15, 0.2) is 0 Å². The summed E-state index contributed by atoms with van der Waals surface area (Å²) in [6.07, 6.45) is 1.53. The zero-order chi connectivity index (χ0) is 9.42. The Balaban J connectivity index is 2.71. The second kappa shape index (κ2) is 2.96. The van der Waals surface area contributed by atoms with Gasteiger partial charge in [0.2, 0.25) is 5.13 Å². The lowest BCUT2D eigenvalue weighted by atomic mass is 10.9. The van der Waals surface area contributed by atoms with E-state index >= 15 is 0 Å². The topological polar surface area (TPSA) is 83.5 Å². The van der Waals surface area contributed by atoms with E-state index in [1.165, 1.54) is 17.5 Å². The largest absolute Gasteiger partial charge is 0.350 e. The van der Waals surface area contributed by atoms with Crippen LogP contribution < -0.4 is 11.4 Å². The summed E-state index contributed by atoms with van der Waals surface area (Å²) in [6, 6.07) is 0. The Bertz CT molecular complexity index is 507. The molecule has 0 aliphatic heterocycles. The van der Waals surface area contributed by atoms with E-state index in [1.807, 2.05) is 0 Å². The highest BCUT2D eigenvalue weighted by Gasteiger charge is 2.08. The zero-order valence-electron chi connectivity index (χ0n) is 6.07. The Kier molecular flexibility index (Phi) is 1.93. The van der Waals surface area contributed by atoms with Crippen LogP contribution >= 0.6 is 27.3 Å². The predicted octanol–water partition coefficient (Wildman–Crippen LogP) is 0.0729. The number of hydrogen-bond acceptors (Lipinski definition) is 4. The third-order valence-electron chi connectivity index (χ3n) is 1.34. The van der Waals surface area contributed by atoms with Crippen LogP contribution in [0.25, 0.3) is 5.13 Å². The highest BCUT2D eigenvalue weighted by molar-refractivity contribution is 9.11. The average molecular weight is 263 g/mol. The van der Waals surface area contributed by atoms with E-state index in [4.69, 9.17) is 0 Å². The van der Waals surface area contributed by atoms with Crippen molar-refractivity contribution >= 4 is 27.3 Å². The van der Waals surface area contributed by atoms with Crippen molar-refractivity contribution in [2.24, 2.45) is 0 Å². The number of H-pyrrole nitrogens is 2. The molecule has 2 heterocycles. The molecule has 8 heteroatoms. The van der Waals surface area contributed by atoms with Gasteiger partial charge in [-0.2, -0.15) is 4.57 Å². The molecule has 0 atom stereocenters. The van der Waals surface area contributed by atoms with Gasteiger partial charge in [0.05, 0.1) is 9.98 Å². The van der Waals surface area contributed by atoms with Crippen LogP contribution in [-0.2, 0) is 0 Å². The molecule has 0 aliphatic carbocycles. The van der Waals surface area contributed by atoms with Crippen LogP contribution in [0.15, 0.2) is 19.6 Å². The van der Waals surface area contributed by atoms with E-state index in [1.54, 1.807) is 0 Å². The van der Waals surface area contributed by atoms with E-state index in [9.17, 15) is 9.59 Å². The molecule has 0 aromatic carbocycles. The van der Waals surface area contributed by atoms with Gasteiger partial charge in [0.1, 0.15) is 0 Å². The summed E-state index contributed by atoms with van der Waals surface area (Å²) in [5.74, 6) is 0. The highest BCUT2D eigenvalue weighted by atomic mass is 79.9. The number of nitrogens with zero attached hydrogens (tertiary/aromatic N) is 2. The molecule has 0 saturated heterocycles. The molecule has 0 radical (unpaired) electrons. The first-order chi connectivity index (χ1) is 6.18. The van der Waals surface area contributed by atoms with Crippen LogP contribution in [-0.4, -0.2) is 19.7 Å². The molecular weight excluding hydrogens is 260 g/mol. The van der Waals surface area contributed by atoms with Gasteiger partial charge in [-0.1, -0.05) is 11.3 Å². The van der Waals surface area contributed by atoms with Gasteiger partial charge < -0.3 is 0 Å². The summed E-state index contributed by atoms with van der Waals surface area (Å²) >= 11 is 4.39. The van der Waals surface area contributed by atoms with Gasteiger partial charge in [-0.15, -0.1) is 0 Å². The quantitative estimate of drug-likeness (QED) is 0.763. The van der Waals surface area contributed by atoms with E-state index in [0.717, 1.165) is 8.35 Å². The standard InChI is InChI=1S/C5H3BrN4O2S/c6-2-1-7-5(13-2)10-3(11)8-9-4(10)12/h1H,(H,8,11)(H,9,12). The smallest absolute Gasteiger partial charge is 0.247 e. The molecule has 2 aromatic heterocycles. The first-order valence-corrected chi connectivity index (χ1v) is 4.81. The molecule has 0 aliphatic rings. The number of hydrogen-bond donors (Lipinski definition) is 2. The molecule has 13 heavy (non-hydrogen) atoms. The average Bonchev–Trinajstić information content (AvgIpc) is 2.60. The van der Waals surface area contributed by atoms with Crippen molar-refractivity contribution in [3.63, 3.8) is 0 Å². The monoisotopic (exact) mass is 262 g/mol. The fourth-order valence-corrected chi connectivity index (χ4v) is 2.01. The molecule has 68 valence electrons. The van der Waals surface area contributed by atoms with Crippen LogP contribution in [0.3, 0.4) is 0 Å². The van der Waals surface area contributed by atoms with Crippen molar-refractivity contribution in [3.05, 3.63) is 31.0 Å². The minimum Gasteiger partial charge on any atom is -0.247 e. The molecule has 2 N–H and O–H groups in total. The van der Waals surface area contributed by atoms with Crippen molar-refractivity contribution in [1.82, 2.24) is 19.7 Å². The molecular formula is C5H3BrN4O2S. The number of aromatic nitrogens is 4. The molecule has 0 saturated carbocycles. The summed E-state index contributed by atoms with van der Waals surface area (Å²) < 4.78 is 1.69. The van der Waals surface area contributed by atoms with Gasteiger partial charge in [-0.05, 0) is 15.9 Å². The fraction of sp³-hybridized carbons (Fsp3) is 0. The molecule has 2 rings (SSSR count). The van der Waals surface area contributed by atoms with Crippen LogP contribution in [0.4, 0.5) is 0 Å². The summed E-state index contributed by atoms with van der Waals surface area (Å²) in [4.78, 5) is 26.0. The summed E-state index contributed by atoms with van der Waals surface area (Å²) in [7, 11) is 0. The van der Waals surface area contributed by atoms with Crippen molar-refractivity contribution in [2.75, 3.05) is 0 Å². The van der Waals surface area contributed by atoms with Crippen LogP contribution in [0, 0.1) is 0 Å². The first-order valence-electron chi connectivity index (χ1n) is 3.20. The van der Waals surface area contributed by atoms with E-state index in [2.05, 4.69) is 31.1 Å². The second-order valence-corrected chi connectivity index (χ2v) is 4.53. The fourth-order valence-electron chi connectivity index (χ4n) is 0.834. The number of halogens is 1. The molecule has 6 nitrogen and oxygen atoms in total. The molecule has 0 unspecified atom stereocenters. The molecule has 0 spiro atoms. The highest BCUT2D eigenvalue weighted by Crippen LogP contribution is 2.19. The SMILES string of the molecule is O=c1[nH][nH]c(=O)n1-c1ncc(Br)s1. The predicted molar refractivity (Wildman–Crippen MR) is 50.4 cm³/mol. The van der Waals surface area contributed by atoms with Gasteiger partial charge in [0, 0.05) is 0 Å². The minimum absolute atomic E-state index is 0.333. The zero-order valence-corrected chi connectivity index (χ0v) is 8.48. The van der Waals surface area contributed by atoms with Crippen molar-refractivity contribution in [1.29, 1.82) is 0 Å². The van der Waals surface area contributed by atoms with E-state index in [-0.39, 0.29) is 0 Å². The lowest BCUT2D eigenvalue weighted by Gasteiger charge is -1.87. The van der Waals surface area contributed by atoms with Crippen molar-refractivity contribution in [2.45, 2.75) is 0 Å². The number of rotatable bonds is 1. The maximum atomic E-state index is 11.1. The summed E-state index contributed by atoms with van der Waals surface area (Å²) in [5, 5.41) is 4.66. The Morgan fingerprint density at radius 2 is 2.00 bits per heavy atom. The van der Waals surface area contributed by atoms with Crippen molar-refractivity contribution in [3.8, 4) is 5.13 Å². The molecule has 0 fully saturated rings. The third-order valence-corrected chi connectivity index (χ3v) is 2.80. The van der Waals surface area contributed by atoms with Crippen LogP contribution in [0.1, 0.15) is 0 Å². The first kappa shape index (κ1) is 8.45. The molecule has 2 aromatic rings. The van der Waals surface area contributed by atoms with Crippen molar-refractivity contribution < 1.29 is 0 Å². The van der Waals surface area contributed by atoms with Gasteiger partial charge in [0.25, 0.3) is 0 Å². The van der Waals surface area contributed by atoms with Crippen LogP contribution in [0.2, 0.25) is 0 Å². The molecule has 0 bridgehead atoms. The Hall–Kier alpha value is -1.15. The maximum absolute atomic E-state index is 11.1. The maximum Gasteiger partial charge on any atom is 0.350 e. The third kappa shape index (κ3) is 1.38. The minimum atomic E-state index is -0.521.